The first-order valence-corrected chi connectivity index (χ1v) is 10.1. The van der Waals surface area contributed by atoms with E-state index in [1.165, 1.54) is 18.4 Å². The summed E-state index contributed by atoms with van der Waals surface area (Å²) in [4.78, 5) is 15.6. The minimum absolute atomic E-state index is 0.121. The Hall–Kier alpha value is -2.53. The van der Waals surface area contributed by atoms with Crippen LogP contribution in [-0.4, -0.2) is 63.6 Å². The number of carboxylic acid groups (broad SMARTS) is 1. The average Bonchev–Trinajstić information content (AvgIpc) is 3.21. The largest absolute Gasteiger partial charge is 0.490 e. The topological polar surface area (TPSA) is 102 Å². The molecule has 2 aromatic rings. The van der Waals surface area contributed by atoms with Crippen LogP contribution in [0.2, 0.25) is 0 Å². The maximum Gasteiger partial charge on any atom is 0.490 e. The minimum Gasteiger partial charge on any atom is -0.475 e. The summed E-state index contributed by atoms with van der Waals surface area (Å²) in [5.74, 6) is -0.0688. The second-order valence-corrected chi connectivity index (χ2v) is 8.39. The van der Waals surface area contributed by atoms with E-state index in [-0.39, 0.29) is 5.41 Å². The number of aromatic nitrogens is 3. The lowest BCUT2D eigenvalue weighted by atomic mass is 9.78. The van der Waals surface area contributed by atoms with Crippen LogP contribution >= 0.6 is 0 Å². The fraction of sp³-hybridized carbons (Fsp3) is 0.600. The molecule has 4 heterocycles. The number of hydrogen-bond acceptors (Lipinski definition) is 7. The quantitative estimate of drug-likeness (QED) is 0.757. The van der Waals surface area contributed by atoms with E-state index in [4.69, 9.17) is 19.1 Å². The van der Waals surface area contributed by atoms with E-state index in [0.29, 0.717) is 11.8 Å². The van der Waals surface area contributed by atoms with Gasteiger partial charge in [-0.15, -0.1) is 10.2 Å². The fourth-order valence-corrected chi connectivity index (χ4v) is 4.20. The molecule has 8 nitrogen and oxygen atoms in total. The van der Waals surface area contributed by atoms with E-state index in [9.17, 15) is 13.2 Å². The number of alkyl halides is 3. The van der Waals surface area contributed by atoms with Gasteiger partial charge in [-0.3, -0.25) is 9.88 Å². The standard InChI is InChI=1S/C18H22N4O2.C2HF3O2/c1-2-13(7-19-5-1)8-22-9-15-10-23-12-18(15,11-22)6-16-20-21-17(24-16)14-3-4-14;3-2(4,5)1(6)7/h1-2,5,7,14-15H,3-4,6,8-12H2;(H,6,7)/t15-,18+;/m1./s1. The van der Waals surface area contributed by atoms with Gasteiger partial charge in [-0.1, -0.05) is 6.07 Å². The molecule has 2 saturated heterocycles. The van der Waals surface area contributed by atoms with Gasteiger partial charge in [0, 0.05) is 55.7 Å². The minimum atomic E-state index is -5.08. The molecule has 2 aromatic heterocycles. The van der Waals surface area contributed by atoms with Crippen molar-refractivity contribution in [2.24, 2.45) is 11.3 Å². The van der Waals surface area contributed by atoms with Crippen molar-refractivity contribution < 1.29 is 32.2 Å². The summed E-state index contributed by atoms with van der Waals surface area (Å²) in [6.45, 7) is 4.67. The number of ether oxygens (including phenoxy) is 1. The third kappa shape index (κ3) is 5.21. The predicted octanol–water partition coefficient (Wildman–Crippen LogP) is 2.67. The fourth-order valence-electron chi connectivity index (χ4n) is 4.20. The summed E-state index contributed by atoms with van der Waals surface area (Å²) >= 11 is 0. The number of hydrogen-bond donors (Lipinski definition) is 1. The number of aliphatic carboxylic acids is 1. The molecule has 1 aliphatic carbocycles. The molecule has 0 unspecified atom stereocenters. The van der Waals surface area contributed by atoms with Gasteiger partial charge in [0.05, 0.1) is 13.2 Å². The zero-order valence-corrected chi connectivity index (χ0v) is 16.7. The molecule has 11 heteroatoms. The molecule has 1 saturated carbocycles. The molecule has 0 bridgehead atoms. The Kier molecular flexibility index (Phi) is 5.98. The molecule has 3 fully saturated rings. The van der Waals surface area contributed by atoms with Crippen molar-refractivity contribution >= 4 is 5.97 Å². The van der Waals surface area contributed by atoms with Gasteiger partial charge < -0.3 is 14.3 Å². The van der Waals surface area contributed by atoms with Gasteiger partial charge in [-0.05, 0) is 24.5 Å². The second-order valence-electron chi connectivity index (χ2n) is 8.39. The number of pyridine rings is 1. The molecule has 0 radical (unpaired) electrons. The van der Waals surface area contributed by atoms with E-state index in [1.807, 2.05) is 18.5 Å². The van der Waals surface area contributed by atoms with Crippen molar-refractivity contribution in [1.82, 2.24) is 20.1 Å². The van der Waals surface area contributed by atoms with E-state index >= 15 is 0 Å². The summed E-state index contributed by atoms with van der Waals surface area (Å²) in [6, 6.07) is 4.15. The van der Waals surface area contributed by atoms with Gasteiger partial charge in [-0.25, -0.2) is 4.79 Å². The molecule has 5 rings (SSSR count). The lowest BCUT2D eigenvalue weighted by Crippen LogP contribution is -2.33. The highest BCUT2D eigenvalue weighted by molar-refractivity contribution is 5.73. The lowest BCUT2D eigenvalue weighted by molar-refractivity contribution is -0.192. The molecule has 1 N–H and O–H groups in total. The Morgan fingerprint density at radius 2 is 2.10 bits per heavy atom. The highest BCUT2D eigenvalue weighted by atomic mass is 19.4. The number of nitrogens with zero attached hydrogens (tertiary/aromatic N) is 4. The monoisotopic (exact) mass is 440 g/mol. The van der Waals surface area contributed by atoms with Crippen LogP contribution in [0.5, 0.6) is 0 Å². The molecule has 2 atom stereocenters. The van der Waals surface area contributed by atoms with Crippen LogP contribution in [0.4, 0.5) is 13.2 Å². The van der Waals surface area contributed by atoms with E-state index in [1.54, 1.807) is 0 Å². The van der Waals surface area contributed by atoms with Gasteiger partial charge in [-0.2, -0.15) is 13.2 Å². The first-order chi connectivity index (χ1) is 14.7. The van der Waals surface area contributed by atoms with Gasteiger partial charge in [0.2, 0.25) is 11.8 Å². The van der Waals surface area contributed by atoms with Gasteiger partial charge >= 0.3 is 12.1 Å². The molecule has 0 spiro atoms. The summed E-state index contributed by atoms with van der Waals surface area (Å²) in [5, 5.41) is 15.7. The molecule has 31 heavy (non-hydrogen) atoms. The molecular formula is C20H23F3N4O4. The molecular weight excluding hydrogens is 417 g/mol. The van der Waals surface area contributed by atoms with Crippen molar-refractivity contribution in [3.63, 3.8) is 0 Å². The van der Waals surface area contributed by atoms with Crippen molar-refractivity contribution in [3.05, 3.63) is 41.9 Å². The summed E-state index contributed by atoms with van der Waals surface area (Å²) < 4.78 is 43.5. The number of likely N-dealkylation sites (tertiary alicyclic amines) is 1. The highest BCUT2D eigenvalue weighted by Crippen LogP contribution is 2.45. The molecule has 3 aliphatic rings. The zero-order chi connectivity index (χ0) is 22.1. The van der Waals surface area contributed by atoms with Crippen molar-refractivity contribution in [3.8, 4) is 0 Å². The Morgan fingerprint density at radius 3 is 2.74 bits per heavy atom. The third-order valence-electron chi connectivity index (χ3n) is 5.88. The number of rotatable bonds is 5. The number of carbonyl (C=O) groups is 1. The molecule has 0 aromatic carbocycles. The van der Waals surface area contributed by atoms with Crippen LogP contribution in [-0.2, 0) is 22.5 Å². The predicted molar refractivity (Wildman–Crippen MR) is 99.9 cm³/mol. The van der Waals surface area contributed by atoms with E-state index < -0.39 is 12.1 Å². The Morgan fingerprint density at radius 1 is 1.32 bits per heavy atom. The highest BCUT2D eigenvalue weighted by Gasteiger charge is 2.51. The van der Waals surface area contributed by atoms with E-state index in [0.717, 1.165) is 51.1 Å². The average molecular weight is 440 g/mol. The molecule has 2 aliphatic heterocycles. The normalized spacial score (nSPS) is 25.7. The van der Waals surface area contributed by atoms with Crippen LogP contribution in [0.25, 0.3) is 0 Å². The zero-order valence-electron chi connectivity index (χ0n) is 16.7. The summed E-state index contributed by atoms with van der Waals surface area (Å²) in [5.41, 5.74) is 1.39. The Balaban J connectivity index is 0.000000289. The maximum atomic E-state index is 10.6. The second kappa shape index (κ2) is 8.54. The smallest absolute Gasteiger partial charge is 0.475 e. The maximum absolute atomic E-state index is 10.6. The van der Waals surface area contributed by atoms with Gasteiger partial charge in [0.1, 0.15) is 0 Å². The van der Waals surface area contributed by atoms with Crippen LogP contribution in [0.3, 0.4) is 0 Å². The van der Waals surface area contributed by atoms with Crippen LogP contribution in [0.1, 0.15) is 36.1 Å². The van der Waals surface area contributed by atoms with Gasteiger partial charge in [0.15, 0.2) is 0 Å². The number of halogens is 3. The van der Waals surface area contributed by atoms with Crippen molar-refractivity contribution in [1.29, 1.82) is 0 Å². The van der Waals surface area contributed by atoms with Gasteiger partial charge in [0.25, 0.3) is 0 Å². The Bertz CT molecular complexity index is 903. The van der Waals surface area contributed by atoms with Crippen LogP contribution in [0, 0.1) is 11.3 Å². The number of carboxylic acids is 1. The van der Waals surface area contributed by atoms with Crippen molar-refractivity contribution in [2.75, 3.05) is 26.3 Å². The SMILES string of the molecule is O=C(O)C(F)(F)F.c1cncc(CN2C[C@@H]3COC[C@]3(Cc3nnc(C4CC4)o3)C2)c1. The van der Waals surface area contributed by atoms with Crippen molar-refractivity contribution in [2.45, 2.75) is 37.9 Å². The first-order valence-electron chi connectivity index (χ1n) is 10.1. The van der Waals surface area contributed by atoms with E-state index in [2.05, 4.69) is 26.1 Å². The molecule has 168 valence electrons. The Labute approximate surface area is 176 Å². The number of fused-ring (bicyclic) bond motifs is 1. The molecule has 0 amide bonds. The van der Waals surface area contributed by atoms with Crippen LogP contribution in [0.15, 0.2) is 28.9 Å². The summed E-state index contributed by atoms with van der Waals surface area (Å²) in [7, 11) is 0. The third-order valence-corrected chi connectivity index (χ3v) is 5.88. The summed E-state index contributed by atoms with van der Waals surface area (Å²) in [6.07, 6.45) is 1.91. The first kappa shape index (κ1) is 21.7. The lowest BCUT2D eigenvalue weighted by Gasteiger charge is -2.25. The van der Waals surface area contributed by atoms with Crippen LogP contribution < -0.4 is 0 Å².